The molecule has 3 aliphatic heterocycles. The predicted octanol–water partition coefficient (Wildman–Crippen LogP) is 3.21. The lowest BCUT2D eigenvalue weighted by Gasteiger charge is -2.29. The van der Waals surface area contributed by atoms with Gasteiger partial charge in [0, 0.05) is 36.6 Å². The van der Waals surface area contributed by atoms with Crippen LogP contribution >= 0.6 is 11.6 Å². The van der Waals surface area contributed by atoms with Crippen LogP contribution < -0.4 is 14.8 Å². The summed E-state index contributed by atoms with van der Waals surface area (Å²) in [5.41, 5.74) is 1.57. The van der Waals surface area contributed by atoms with Gasteiger partial charge in [-0.2, -0.15) is 0 Å². The van der Waals surface area contributed by atoms with Gasteiger partial charge >= 0.3 is 0 Å². The fraction of sp³-hybridized carbons (Fsp3) is 0.409. The highest BCUT2D eigenvalue weighted by atomic mass is 35.5. The predicted molar refractivity (Wildman–Crippen MR) is 107 cm³/mol. The number of hydrogen-bond donors (Lipinski definition) is 1. The van der Waals surface area contributed by atoms with Gasteiger partial charge in [-0.05, 0) is 35.2 Å². The minimum absolute atomic E-state index is 0.00719. The molecule has 0 saturated carbocycles. The molecular formula is C22H22ClFN2O3. The van der Waals surface area contributed by atoms with E-state index < -0.39 is 0 Å². The van der Waals surface area contributed by atoms with Crippen molar-refractivity contribution in [3.8, 4) is 11.5 Å². The Hall–Kier alpha value is -2.31. The lowest BCUT2D eigenvalue weighted by atomic mass is 9.89. The number of amides is 1. The summed E-state index contributed by atoms with van der Waals surface area (Å²) in [7, 11) is 0. The summed E-state index contributed by atoms with van der Waals surface area (Å²) in [5, 5.41) is 3.90. The van der Waals surface area contributed by atoms with Crippen LogP contribution in [0, 0.1) is 17.7 Å². The van der Waals surface area contributed by atoms with Crippen molar-refractivity contribution in [1.29, 1.82) is 0 Å². The number of rotatable bonds is 3. The maximum atomic E-state index is 13.9. The monoisotopic (exact) mass is 416 g/mol. The van der Waals surface area contributed by atoms with Crippen LogP contribution in [0.15, 0.2) is 36.4 Å². The third-order valence-corrected chi connectivity index (χ3v) is 6.48. The first-order chi connectivity index (χ1) is 14.1. The van der Waals surface area contributed by atoms with E-state index in [1.54, 1.807) is 24.3 Å². The van der Waals surface area contributed by atoms with Crippen LogP contribution in [0.3, 0.4) is 0 Å². The third kappa shape index (κ3) is 3.45. The highest BCUT2D eigenvalue weighted by molar-refractivity contribution is 6.31. The number of nitrogens with zero attached hydrogens (tertiary/aromatic N) is 1. The van der Waals surface area contributed by atoms with Crippen molar-refractivity contribution < 1.29 is 18.7 Å². The molecule has 0 radical (unpaired) electrons. The van der Waals surface area contributed by atoms with Crippen molar-refractivity contribution in [2.45, 2.75) is 12.5 Å². The number of halogens is 2. The van der Waals surface area contributed by atoms with Crippen LogP contribution in [-0.2, 0) is 11.2 Å². The van der Waals surface area contributed by atoms with Crippen LogP contribution in [0.25, 0.3) is 0 Å². The summed E-state index contributed by atoms with van der Waals surface area (Å²) in [6.45, 7) is 3.35. The molecule has 5 nitrogen and oxygen atoms in total. The number of likely N-dealkylation sites (tertiary alicyclic amines) is 1. The van der Waals surface area contributed by atoms with Gasteiger partial charge in [0.05, 0.1) is 12.5 Å². The number of carbonyl (C=O) groups is 1. The molecule has 5 rings (SSSR count). The summed E-state index contributed by atoms with van der Waals surface area (Å²) in [5.74, 6) is 1.61. The van der Waals surface area contributed by atoms with Crippen molar-refractivity contribution in [3.63, 3.8) is 0 Å². The molecule has 1 amide bonds. The van der Waals surface area contributed by atoms with Crippen LogP contribution in [-0.4, -0.2) is 43.7 Å². The topological polar surface area (TPSA) is 50.8 Å². The van der Waals surface area contributed by atoms with Crippen molar-refractivity contribution in [3.05, 3.63) is 58.4 Å². The Morgan fingerprint density at radius 1 is 1.17 bits per heavy atom. The standard InChI is InChI=1S/C22H22ClFN2O3/c23-18-9-20-19(28-4-5-29-20)7-14(18)8-21(27)26-12-15-10-25-11-17(15)22(26)13-2-1-3-16(24)6-13/h1-3,6-7,9,15,17,22,25H,4-5,8,10-12H2/t15-,17-,22+/m0/s1. The maximum absolute atomic E-state index is 13.9. The maximum Gasteiger partial charge on any atom is 0.227 e. The molecule has 0 bridgehead atoms. The first-order valence-electron chi connectivity index (χ1n) is 9.94. The van der Waals surface area contributed by atoms with Gasteiger partial charge in [0.25, 0.3) is 0 Å². The molecule has 0 aliphatic carbocycles. The minimum atomic E-state index is -0.279. The quantitative estimate of drug-likeness (QED) is 0.834. The molecule has 29 heavy (non-hydrogen) atoms. The average molecular weight is 417 g/mol. The number of hydrogen-bond acceptors (Lipinski definition) is 4. The highest BCUT2D eigenvalue weighted by Crippen LogP contribution is 2.43. The number of fused-ring (bicyclic) bond motifs is 2. The Morgan fingerprint density at radius 3 is 2.76 bits per heavy atom. The molecule has 2 aromatic carbocycles. The van der Waals surface area contributed by atoms with Gasteiger partial charge in [-0.3, -0.25) is 4.79 Å². The van der Waals surface area contributed by atoms with Gasteiger partial charge in [-0.15, -0.1) is 0 Å². The van der Waals surface area contributed by atoms with Crippen molar-refractivity contribution >= 4 is 17.5 Å². The van der Waals surface area contributed by atoms with E-state index in [0.717, 1.165) is 18.7 Å². The van der Waals surface area contributed by atoms with E-state index in [1.807, 2.05) is 11.0 Å². The number of benzene rings is 2. The Bertz CT molecular complexity index is 954. The molecule has 0 unspecified atom stereocenters. The summed E-state index contributed by atoms with van der Waals surface area (Å²) in [4.78, 5) is 15.2. The molecule has 0 aromatic heterocycles. The van der Waals surface area contributed by atoms with Gasteiger partial charge in [0.1, 0.15) is 19.0 Å². The van der Waals surface area contributed by atoms with Gasteiger partial charge in [-0.1, -0.05) is 23.7 Å². The van der Waals surface area contributed by atoms with Gasteiger partial charge in [-0.25, -0.2) is 4.39 Å². The normalized spacial score (nSPS) is 25.2. The summed E-state index contributed by atoms with van der Waals surface area (Å²) < 4.78 is 25.1. The molecule has 7 heteroatoms. The van der Waals surface area contributed by atoms with Crippen LogP contribution in [0.1, 0.15) is 17.2 Å². The molecule has 2 saturated heterocycles. The first-order valence-corrected chi connectivity index (χ1v) is 10.3. The molecule has 152 valence electrons. The molecule has 3 aliphatic rings. The van der Waals surface area contributed by atoms with Gasteiger partial charge in [0.2, 0.25) is 5.91 Å². The summed E-state index contributed by atoms with van der Waals surface area (Å²) in [6.07, 6.45) is 0.175. The van der Waals surface area contributed by atoms with E-state index in [0.29, 0.717) is 47.8 Å². The second kappa shape index (κ2) is 7.50. The molecule has 2 aromatic rings. The zero-order chi connectivity index (χ0) is 20.0. The largest absolute Gasteiger partial charge is 0.486 e. The Kier molecular flexibility index (Phi) is 4.84. The van der Waals surface area contributed by atoms with Crippen molar-refractivity contribution in [2.24, 2.45) is 11.8 Å². The molecule has 1 N–H and O–H groups in total. The summed E-state index contributed by atoms with van der Waals surface area (Å²) >= 11 is 6.42. The van der Waals surface area contributed by atoms with E-state index >= 15 is 0 Å². The Balaban J connectivity index is 1.42. The van der Waals surface area contributed by atoms with E-state index in [-0.39, 0.29) is 30.1 Å². The molecule has 3 heterocycles. The van der Waals surface area contributed by atoms with E-state index in [1.165, 1.54) is 6.07 Å². The molecule has 3 atom stereocenters. The first kappa shape index (κ1) is 18.7. The molecular weight excluding hydrogens is 395 g/mol. The number of nitrogens with one attached hydrogen (secondary N) is 1. The second-order valence-electron chi connectivity index (χ2n) is 7.89. The lowest BCUT2D eigenvalue weighted by Crippen LogP contribution is -2.35. The number of ether oxygens (including phenoxy) is 2. The van der Waals surface area contributed by atoms with Gasteiger partial charge < -0.3 is 19.7 Å². The minimum Gasteiger partial charge on any atom is -0.486 e. The lowest BCUT2D eigenvalue weighted by molar-refractivity contribution is -0.131. The van der Waals surface area contributed by atoms with E-state index in [9.17, 15) is 9.18 Å². The Morgan fingerprint density at radius 2 is 1.97 bits per heavy atom. The third-order valence-electron chi connectivity index (χ3n) is 6.13. The highest BCUT2D eigenvalue weighted by Gasteiger charge is 2.46. The Labute approximate surface area is 173 Å². The fourth-order valence-electron chi connectivity index (χ4n) is 4.80. The summed E-state index contributed by atoms with van der Waals surface area (Å²) in [6, 6.07) is 9.98. The zero-order valence-electron chi connectivity index (χ0n) is 15.9. The van der Waals surface area contributed by atoms with E-state index in [2.05, 4.69) is 5.32 Å². The van der Waals surface area contributed by atoms with Crippen LogP contribution in [0.2, 0.25) is 5.02 Å². The SMILES string of the molecule is O=C(Cc1cc2c(cc1Cl)OCCO2)N1C[C@@H]2CNC[C@@H]2[C@H]1c1cccc(F)c1. The van der Waals surface area contributed by atoms with Crippen molar-refractivity contribution in [1.82, 2.24) is 10.2 Å². The van der Waals surface area contributed by atoms with Crippen LogP contribution in [0.5, 0.6) is 11.5 Å². The fourth-order valence-corrected chi connectivity index (χ4v) is 5.02. The average Bonchev–Trinajstić information content (AvgIpc) is 3.29. The molecule has 0 spiro atoms. The van der Waals surface area contributed by atoms with Crippen molar-refractivity contribution in [2.75, 3.05) is 32.8 Å². The second-order valence-corrected chi connectivity index (χ2v) is 8.30. The number of carbonyl (C=O) groups excluding carboxylic acids is 1. The van der Waals surface area contributed by atoms with Gasteiger partial charge in [0.15, 0.2) is 11.5 Å². The van der Waals surface area contributed by atoms with Crippen LogP contribution in [0.4, 0.5) is 4.39 Å². The zero-order valence-corrected chi connectivity index (χ0v) is 16.6. The smallest absolute Gasteiger partial charge is 0.227 e. The van der Waals surface area contributed by atoms with E-state index in [4.69, 9.17) is 21.1 Å². The molecule has 2 fully saturated rings.